The third-order valence-corrected chi connectivity index (χ3v) is 13.8. The number of rotatable bonds is 41. The molecule has 2 heterocycles. The Morgan fingerprint density at radius 3 is 2.01 bits per heavy atom. The van der Waals surface area contributed by atoms with E-state index in [-0.39, 0.29) is 18.7 Å². The molecule has 21 heteroatoms. The highest BCUT2D eigenvalue weighted by molar-refractivity contribution is 7.61. The van der Waals surface area contributed by atoms with Gasteiger partial charge in [-0.25, -0.2) is 13.9 Å². The number of hydrogen-bond donors (Lipinski definition) is 6. The number of aliphatic hydroxyl groups excluding tert-OH is 3. The van der Waals surface area contributed by atoms with Crippen LogP contribution in [0.3, 0.4) is 0 Å². The number of allylic oxidation sites excluding steroid dienone is 8. The molecule has 1 aliphatic heterocycles. The fourth-order valence-corrected chi connectivity index (χ4v) is 9.25. The minimum atomic E-state index is -5.46. The maximum absolute atomic E-state index is 12.8. The number of esters is 2. The molecule has 0 aliphatic carbocycles. The van der Waals surface area contributed by atoms with Crippen molar-refractivity contribution in [1.29, 1.82) is 0 Å². The summed E-state index contributed by atoms with van der Waals surface area (Å²) in [6.45, 7) is 1.97. The van der Waals surface area contributed by atoms with Crippen molar-refractivity contribution in [2.24, 2.45) is 0 Å². The summed E-state index contributed by atoms with van der Waals surface area (Å²) in [7, 11) is -10.9. The van der Waals surface area contributed by atoms with E-state index in [1.54, 1.807) is 24.3 Å². The average molecular weight is 1040 g/mol. The number of phosphoric ester groups is 2. The summed E-state index contributed by atoms with van der Waals surface area (Å²) in [5, 5.41) is 31.1. The van der Waals surface area contributed by atoms with Gasteiger partial charge in [0.15, 0.2) is 12.3 Å². The molecule has 404 valence electrons. The first-order valence-electron chi connectivity index (χ1n) is 25.4. The van der Waals surface area contributed by atoms with Gasteiger partial charge < -0.3 is 45.1 Å². The van der Waals surface area contributed by atoms with Gasteiger partial charge in [0, 0.05) is 19.0 Å². The molecule has 1 fully saturated rings. The van der Waals surface area contributed by atoms with Crippen LogP contribution < -0.4 is 11.4 Å². The number of anilines is 1. The molecule has 1 aromatic rings. The Hall–Kier alpha value is -3.58. The Kier molecular flexibility index (Phi) is 34.1. The third-order valence-electron chi connectivity index (χ3n) is 11.2. The largest absolute Gasteiger partial charge is 0.481 e. The van der Waals surface area contributed by atoms with Gasteiger partial charge in [-0.1, -0.05) is 139 Å². The lowest BCUT2D eigenvalue weighted by Crippen LogP contribution is -2.36. The van der Waals surface area contributed by atoms with Crippen LogP contribution in [-0.2, 0) is 46.3 Å². The maximum atomic E-state index is 12.8. The van der Waals surface area contributed by atoms with E-state index < -0.39 is 89.8 Å². The van der Waals surface area contributed by atoms with Crippen molar-refractivity contribution in [1.82, 2.24) is 9.55 Å². The molecule has 2 rings (SSSR count). The second kappa shape index (κ2) is 38.1. The second-order valence-electron chi connectivity index (χ2n) is 17.5. The van der Waals surface area contributed by atoms with Crippen molar-refractivity contribution in [3.05, 3.63) is 83.5 Å². The van der Waals surface area contributed by atoms with Gasteiger partial charge in [-0.15, -0.1) is 0 Å². The monoisotopic (exact) mass is 1040 g/mol. The van der Waals surface area contributed by atoms with Crippen LogP contribution in [-0.4, -0.2) is 96.9 Å². The van der Waals surface area contributed by atoms with E-state index in [1.807, 2.05) is 12.2 Å². The zero-order chi connectivity index (χ0) is 52.2. The van der Waals surface area contributed by atoms with Gasteiger partial charge in [-0.3, -0.25) is 23.2 Å². The highest BCUT2D eigenvalue weighted by Crippen LogP contribution is 2.60. The molecule has 7 N–H and O–H groups in total. The van der Waals surface area contributed by atoms with E-state index in [2.05, 4.69) is 47.4 Å². The van der Waals surface area contributed by atoms with Crippen LogP contribution in [0.25, 0.3) is 0 Å². The van der Waals surface area contributed by atoms with E-state index in [4.69, 9.17) is 29.0 Å². The van der Waals surface area contributed by atoms with Crippen molar-refractivity contribution in [3.8, 4) is 0 Å². The minimum Gasteiger partial charge on any atom is -0.462 e. The summed E-state index contributed by atoms with van der Waals surface area (Å²) in [5.74, 6) is -1.45. The molecule has 0 amide bonds. The van der Waals surface area contributed by atoms with Crippen molar-refractivity contribution >= 4 is 33.4 Å². The quantitative estimate of drug-likeness (QED) is 0.0117. The number of nitrogens with two attached hydrogens (primary N) is 1. The summed E-state index contributed by atoms with van der Waals surface area (Å²) >= 11 is 0. The first kappa shape index (κ1) is 63.5. The van der Waals surface area contributed by atoms with E-state index in [0.29, 0.717) is 25.7 Å². The zero-order valence-electron chi connectivity index (χ0n) is 41.9. The van der Waals surface area contributed by atoms with Gasteiger partial charge >= 0.3 is 33.3 Å². The van der Waals surface area contributed by atoms with Gasteiger partial charge in [-0.2, -0.15) is 9.29 Å². The van der Waals surface area contributed by atoms with E-state index in [1.165, 1.54) is 63.9 Å². The topological polar surface area (TPSA) is 286 Å². The number of ether oxygens (including phenoxy) is 3. The van der Waals surface area contributed by atoms with Crippen LogP contribution in [0.5, 0.6) is 0 Å². The van der Waals surface area contributed by atoms with Crippen LogP contribution in [0.4, 0.5) is 5.82 Å². The van der Waals surface area contributed by atoms with E-state index in [9.17, 15) is 48.6 Å². The zero-order valence-corrected chi connectivity index (χ0v) is 43.7. The number of aliphatic hydroxyl groups is 3. The summed E-state index contributed by atoms with van der Waals surface area (Å²) < 4.78 is 56.6. The number of aromatic nitrogens is 2. The van der Waals surface area contributed by atoms with Crippen molar-refractivity contribution in [2.75, 3.05) is 25.6 Å². The van der Waals surface area contributed by atoms with E-state index >= 15 is 0 Å². The summed E-state index contributed by atoms with van der Waals surface area (Å²) in [5.41, 5.74) is 4.57. The molecule has 0 saturated carbocycles. The fourth-order valence-electron chi connectivity index (χ4n) is 7.14. The molecule has 0 radical (unpaired) electrons. The lowest BCUT2D eigenvalue weighted by molar-refractivity contribution is -0.161. The van der Waals surface area contributed by atoms with Crippen LogP contribution in [0, 0.1) is 0 Å². The molecular weight excluding hydrogens is 961 g/mol. The summed E-state index contributed by atoms with van der Waals surface area (Å²) in [4.78, 5) is 61.9. The third kappa shape index (κ3) is 30.9. The van der Waals surface area contributed by atoms with Crippen LogP contribution in [0.2, 0.25) is 0 Å². The predicted octanol–water partition coefficient (Wildman–Crippen LogP) is 9.30. The summed E-state index contributed by atoms with van der Waals surface area (Å²) in [6, 6.07) is 1.24. The van der Waals surface area contributed by atoms with Crippen molar-refractivity contribution < 1.29 is 71.4 Å². The van der Waals surface area contributed by atoms with Gasteiger partial charge in [0.2, 0.25) is 0 Å². The Bertz CT molecular complexity index is 1940. The van der Waals surface area contributed by atoms with Crippen molar-refractivity contribution in [2.45, 2.75) is 198 Å². The Morgan fingerprint density at radius 2 is 1.32 bits per heavy atom. The Morgan fingerprint density at radius 1 is 0.746 bits per heavy atom. The van der Waals surface area contributed by atoms with Gasteiger partial charge in [0.05, 0.1) is 19.3 Å². The van der Waals surface area contributed by atoms with Gasteiger partial charge in [0.1, 0.15) is 30.7 Å². The van der Waals surface area contributed by atoms with Gasteiger partial charge in [0.25, 0.3) is 0 Å². The summed E-state index contributed by atoms with van der Waals surface area (Å²) in [6.07, 6.45) is 33.3. The Labute approximate surface area is 420 Å². The highest BCUT2D eigenvalue weighted by Gasteiger charge is 2.46. The number of nitrogens with zero attached hydrogens (tertiary/aromatic N) is 2. The molecule has 0 aromatic carbocycles. The number of carbonyl (C=O) groups is 2. The molecule has 0 bridgehead atoms. The standard InChI is InChI=1S/C50H83N3O16P2/c1-3-5-7-9-11-13-14-15-16-17-18-20-22-26-30-34-45(55)64-38-42(67-46(56)35-31-27-23-25-29-33-41(54)32-28-24-21-19-12-10-8-6-4-2)39-65-70(60,61)69-71(62,63)66-40-43-47(57)48(58)49(68-43)53-37-36-44(51)52-50(53)59/h12,15-16,19,23-25,28-29,33,36-37,41-43,47-49,54,57-58H,3-11,13-14,17-18,20-22,26-27,30-32,34-35,38-40H2,1-2H3,(H,60,61)(H,62,63)(H2,51,52,59)/b16-15-,19-12-,25-23+,28-24-,33-29-/t41?,42-,43-,47-,48-,49-/m1/s1. The molecule has 1 aliphatic rings. The first-order valence-corrected chi connectivity index (χ1v) is 28.4. The molecule has 1 aromatic heterocycles. The molecule has 71 heavy (non-hydrogen) atoms. The van der Waals surface area contributed by atoms with E-state index in [0.717, 1.165) is 62.1 Å². The Balaban J connectivity index is 1.86. The smallest absolute Gasteiger partial charge is 0.462 e. The lowest BCUT2D eigenvalue weighted by Gasteiger charge is -2.21. The average Bonchev–Trinajstić information content (AvgIpc) is 3.60. The first-order chi connectivity index (χ1) is 34.1. The SMILES string of the molecule is CCCCC/C=C\C/C=C\CC(O)/C=C\C=C\CCCC(=O)O[C@H](COC(=O)CCCCCCC/C=C\CCCCCCCC)COP(=O)(O)OP(=O)(O)OC[C@H]1O[C@@H](n2ccc(N)nc2=O)[C@H](O)[C@@H]1O. The van der Waals surface area contributed by atoms with Gasteiger partial charge in [-0.05, 0) is 76.7 Å². The van der Waals surface area contributed by atoms with Crippen molar-refractivity contribution in [3.63, 3.8) is 0 Å². The molecule has 0 spiro atoms. The maximum Gasteiger partial charge on any atom is 0.481 e. The van der Waals surface area contributed by atoms with Crippen LogP contribution >= 0.6 is 15.6 Å². The normalized spacial score (nSPS) is 20.1. The molecule has 8 atom stereocenters. The number of unbranched alkanes of at least 4 members (excludes halogenated alkanes) is 15. The molecule has 19 nitrogen and oxygen atoms in total. The highest BCUT2D eigenvalue weighted by atomic mass is 31.3. The molecule has 1 saturated heterocycles. The fraction of sp³-hybridized carbons (Fsp3) is 0.680. The predicted molar refractivity (Wildman–Crippen MR) is 272 cm³/mol. The van der Waals surface area contributed by atoms with Crippen LogP contribution in [0.1, 0.15) is 168 Å². The minimum absolute atomic E-state index is 0.0858. The number of nitrogen functional groups attached to an aromatic ring is 1. The number of carbonyl (C=O) groups excluding carboxylic acids is 2. The second-order valence-corrected chi connectivity index (χ2v) is 20.6. The molecule has 3 unspecified atom stereocenters. The number of hydrogen-bond acceptors (Lipinski definition) is 16. The van der Waals surface area contributed by atoms with Crippen LogP contribution in [0.15, 0.2) is 77.8 Å². The molecular formula is C50H83N3O16P2. The lowest BCUT2D eigenvalue weighted by atomic mass is 10.1. The number of phosphoric acid groups is 2.